The zero-order chi connectivity index (χ0) is 13.7. The topological polar surface area (TPSA) is 30.5 Å². The van der Waals surface area contributed by atoms with Crippen molar-refractivity contribution in [3.63, 3.8) is 0 Å². The summed E-state index contributed by atoms with van der Waals surface area (Å²) in [7, 11) is 0. The van der Waals surface area contributed by atoms with E-state index >= 15 is 0 Å². The summed E-state index contributed by atoms with van der Waals surface area (Å²) in [6, 6.07) is 8.88. The predicted molar refractivity (Wildman–Crippen MR) is 77.5 cm³/mol. The molecule has 1 heterocycles. The molecule has 1 unspecified atom stereocenters. The van der Waals surface area contributed by atoms with Gasteiger partial charge >= 0.3 is 0 Å². The van der Waals surface area contributed by atoms with Crippen LogP contribution in [0.3, 0.4) is 0 Å². The van der Waals surface area contributed by atoms with Crippen LogP contribution in [0.4, 0.5) is 0 Å². The molecule has 1 aliphatic rings. The monoisotopic (exact) mass is 263 g/mol. The molecule has 1 atom stereocenters. The molecule has 1 saturated heterocycles. The first kappa shape index (κ1) is 14.4. The maximum Gasteiger partial charge on any atom is 0.119 e. The standard InChI is InChI=1S/C16H25NO2/c1-4-18-15-7-5-13(6-8-15)12-17-14-9-10-19-16(2,3)11-14/h5-8,14,17H,4,9-12H2,1-3H3. The van der Waals surface area contributed by atoms with Gasteiger partial charge in [0.25, 0.3) is 0 Å². The van der Waals surface area contributed by atoms with Crippen molar-refractivity contribution in [2.75, 3.05) is 13.2 Å². The van der Waals surface area contributed by atoms with Gasteiger partial charge in [0.1, 0.15) is 5.75 Å². The van der Waals surface area contributed by atoms with Crippen molar-refractivity contribution in [3.8, 4) is 5.75 Å². The van der Waals surface area contributed by atoms with Crippen LogP contribution in [0.2, 0.25) is 0 Å². The van der Waals surface area contributed by atoms with Crippen LogP contribution in [0, 0.1) is 0 Å². The SMILES string of the molecule is CCOc1ccc(CNC2CCOC(C)(C)C2)cc1. The minimum absolute atomic E-state index is 0.00867. The lowest BCUT2D eigenvalue weighted by molar-refractivity contribution is -0.0630. The summed E-state index contributed by atoms with van der Waals surface area (Å²) in [5, 5.41) is 3.62. The van der Waals surface area contributed by atoms with Crippen LogP contribution in [-0.4, -0.2) is 24.9 Å². The van der Waals surface area contributed by atoms with E-state index < -0.39 is 0 Å². The average Bonchev–Trinajstić information content (AvgIpc) is 2.37. The van der Waals surface area contributed by atoms with Crippen molar-refractivity contribution in [1.29, 1.82) is 0 Å². The van der Waals surface area contributed by atoms with E-state index in [0.717, 1.165) is 38.3 Å². The van der Waals surface area contributed by atoms with Gasteiger partial charge in [0.05, 0.1) is 12.2 Å². The van der Waals surface area contributed by atoms with Gasteiger partial charge in [-0.15, -0.1) is 0 Å². The molecule has 0 amide bonds. The quantitative estimate of drug-likeness (QED) is 0.885. The van der Waals surface area contributed by atoms with Gasteiger partial charge in [-0.25, -0.2) is 0 Å². The maximum atomic E-state index is 5.73. The first-order valence-electron chi connectivity index (χ1n) is 7.18. The summed E-state index contributed by atoms with van der Waals surface area (Å²) in [5.74, 6) is 0.943. The molecule has 19 heavy (non-hydrogen) atoms. The van der Waals surface area contributed by atoms with Crippen molar-refractivity contribution in [3.05, 3.63) is 29.8 Å². The average molecular weight is 263 g/mol. The molecule has 1 fully saturated rings. The van der Waals surface area contributed by atoms with Crippen LogP contribution >= 0.6 is 0 Å². The van der Waals surface area contributed by atoms with Crippen molar-refractivity contribution < 1.29 is 9.47 Å². The van der Waals surface area contributed by atoms with Crippen molar-refractivity contribution in [2.24, 2.45) is 0 Å². The first-order valence-corrected chi connectivity index (χ1v) is 7.18. The molecule has 0 radical (unpaired) electrons. The smallest absolute Gasteiger partial charge is 0.119 e. The molecule has 106 valence electrons. The van der Waals surface area contributed by atoms with Crippen LogP contribution in [0.5, 0.6) is 5.75 Å². The molecule has 0 aliphatic carbocycles. The third-order valence-corrected chi connectivity index (χ3v) is 3.53. The highest BCUT2D eigenvalue weighted by Crippen LogP contribution is 2.24. The third-order valence-electron chi connectivity index (χ3n) is 3.53. The number of ether oxygens (including phenoxy) is 2. The van der Waals surface area contributed by atoms with E-state index in [1.807, 2.05) is 19.1 Å². The number of rotatable bonds is 5. The summed E-state index contributed by atoms with van der Waals surface area (Å²) in [4.78, 5) is 0. The maximum absolute atomic E-state index is 5.73. The van der Waals surface area contributed by atoms with Crippen LogP contribution < -0.4 is 10.1 Å². The molecule has 0 bridgehead atoms. The van der Waals surface area contributed by atoms with Gasteiger partial charge in [-0.3, -0.25) is 0 Å². The van der Waals surface area contributed by atoms with Gasteiger partial charge in [0.2, 0.25) is 0 Å². The normalized spacial score (nSPS) is 22.2. The number of nitrogens with one attached hydrogen (secondary N) is 1. The third kappa shape index (κ3) is 4.51. The second-order valence-corrected chi connectivity index (χ2v) is 5.76. The van der Waals surface area contributed by atoms with E-state index in [-0.39, 0.29) is 5.60 Å². The number of hydrogen-bond donors (Lipinski definition) is 1. The van der Waals surface area contributed by atoms with Crippen LogP contribution in [-0.2, 0) is 11.3 Å². The summed E-state index contributed by atoms with van der Waals surface area (Å²) in [6.07, 6.45) is 2.17. The van der Waals surface area contributed by atoms with E-state index in [0.29, 0.717) is 6.04 Å². The van der Waals surface area contributed by atoms with Gasteiger partial charge in [0, 0.05) is 19.2 Å². The Hall–Kier alpha value is -1.06. The van der Waals surface area contributed by atoms with Gasteiger partial charge in [0.15, 0.2) is 0 Å². The highest BCUT2D eigenvalue weighted by molar-refractivity contribution is 5.27. The predicted octanol–water partition coefficient (Wildman–Crippen LogP) is 3.13. The van der Waals surface area contributed by atoms with Crippen LogP contribution in [0.15, 0.2) is 24.3 Å². The van der Waals surface area contributed by atoms with Crippen molar-refractivity contribution >= 4 is 0 Å². The Morgan fingerprint density at radius 1 is 1.32 bits per heavy atom. The Balaban J connectivity index is 1.81. The molecule has 0 aromatic heterocycles. The molecule has 1 aromatic carbocycles. The minimum atomic E-state index is 0.00867. The Morgan fingerprint density at radius 2 is 2.05 bits per heavy atom. The molecule has 3 heteroatoms. The highest BCUT2D eigenvalue weighted by Gasteiger charge is 2.28. The minimum Gasteiger partial charge on any atom is -0.494 e. The van der Waals surface area contributed by atoms with E-state index in [2.05, 4.69) is 31.3 Å². The molecule has 0 spiro atoms. The van der Waals surface area contributed by atoms with E-state index in [4.69, 9.17) is 9.47 Å². The molecule has 1 aliphatic heterocycles. The fourth-order valence-corrected chi connectivity index (χ4v) is 2.54. The van der Waals surface area contributed by atoms with Crippen molar-refractivity contribution in [2.45, 2.75) is 51.8 Å². The van der Waals surface area contributed by atoms with Gasteiger partial charge < -0.3 is 14.8 Å². The Labute approximate surface area is 116 Å². The van der Waals surface area contributed by atoms with Gasteiger partial charge in [-0.2, -0.15) is 0 Å². The summed E-state index contributed by atoms with van der Waals surface area (Å²) < 4.78 is 11.2. The molecule has 1 aromatic rings. The second-order valence-electron chi connectivity index (χ2n) is 5.76. The first-order chi connectivity index (χ1) is 9.09. The highest BCUT2D eigenvalue weighted by atomic mass is 16.5. The fraction of sp³-hybridized carbons (Fsp3) is 0.625. The lowest BCUT2D eigenvalue weighted by Gasteiger charge is -2.36. The Kier molecular flexibility index (Phi) is 4.83. The molecule has 2 rings (SSSR count). The van der Waals surface area contributed by atoms with Crippen LogP contribution in [0.1, 0.15) is 39.2 Å². The zero-order valence-corrected chi connectivity index (χ0v) is 12.2. The molecule has 3 nitrogen and oxygen atoms in total. The molecular weight excluding hydrogens is 238 g/mol. The molecule has 1 N–H and O–H groups in total. The summed E-state index contributed by atoms with van der Waals surface area (Å²) in [6.45, 7) is 8.81. The van der Waals surface area contributed by atoms with Gasteiger partial charge in [-0.05, 0) is 51.3 Å². The molecule has 0 saturated carbocycles. The van der Waals surface area contributed by atoms with Crippen molar-refractivity contribution in [1.82, 2.24) is 5.32 Å². The number of hydrogen-bond acceptors (Lipinski definition) is 3. The Bertz CT molecular complexity index is 386. The Morgan fingerprint density at radius 3 is 2.68 bits per heavy atom. The van der Waals surface area contributed by atoms with E-state index in [1.165, 1.54) is 5.56 Å². The summed E-state index contributed by atoms with van der Waals surface area (Å²) >= 11 is 0. The molecular formula is C16H25NO2. The van der Waals surface area contributed by atoms with E-state index in [9.17, 15) is 0 Å². The van der Waals surface area contributed by atoms with E-state index in [1.54, 1.807) is 0 Å². The number of benzene rings is 1. The largest absolute Gasteiger partial charge is 0.494 e. The second kappa shape index (κ2) is 6.40. The van der Waals surface area contributed by atoms with Gasteiger partial charge in [-0.1, -0.05) is 12.1 Å². The zero-order valence-electron chi connectivity index (χ0n) is 12.2. The van der Waals surface area contributed by atoms with Crippen LogP contribution in [0.25, 0.3) is 0 Å². The lowest BCUT2D eigenvalue weighted by atomic mass is 9.94. The fourth-order valence-electron chi connectivity index (χ4n) is 2.54. The lowest BCUT2D eigenvalue weighted by Crippen LogP contribution is -2.43. The summed E-state index contributed by atoms with van der Waals surface area (Å²) in [5.41, 5.74) is 1.31.